The van der Waals surface area contributed by atoms with E-state index in [0.29, 0.717) is 12.3 Å². The van der Waals surface area contributed by atoms with Crippen LogP contribution in [0.2, 0.25) is 0 Å². The van der Waals surface area contributed by atoms with Gasteiger partial charge in [-0.25, -0.2) is 0 Å². The molecule has 2 amide bonds. The normalized spacial score (nSPS) is 12.8. The molecular formula is C27H32N2O3. The van der Waals surface area contributed by atoms with Crippen molar-refractivity contribution in [2.45, 2.75) is 52.7 Å². The highest BCUT2D eigenvalue weighted by molar-refractivity contribution is 5.90. The lowest BCUT2D eigenvalue weighted by Gasteiger charge is -2.29. The van der Waals surface area contributed by atoms with Crippen molar-refractivity contribution < 1.29 is 14.3 Å². The molecule has 5 nitrogen and oxygen atoms in total. The fourth-order valence-electron chi connectivity index (χ4n) is 3.60. The molecule has 0 aromatic heterocycles. The second-order valence-corrected chi connectivity index (χ2v) is 8.27. The van der Waals surface area contributed by atoms with E-state index in [0.717, 1.165) is 28.3 Å². The summed E-state index contributed by atoms with van der Waals surface area (Å²) in [7, 11) is 0. The van der Waals surface area contributed by atoms with Crippen molar-refractivity contribution in [1.82, 2.24) is 10.2 Å². The van der Waals surface area contributed by atoms with Crippen LogP contribution in [0.4, 0.5) is 0 Å². The summed E-state index contributed by atoms with van der Waals surface area (Å²) >= 11 is 0. The van der Waals surface area contributed by atoms with Crippen LogP contribution >= 0.6 is 0 Å². The first-order chi connectivity index (χ1) is 15.4. The number of benzene rings is 3. The van der Waals surface area contributed by atoms with E-state index in [2.05, 4.69) is 5.32 Å². The zero-order valence-electron chi connectivity index (χ0n) is 19.3. The SMILES string of the molecule is CCC(C)NC(=O)C(C)N(Cc1cccc(C)c1)C(=O)COc1cccc2ccccc12. The van der Waals surface area contributed by atoms with Gasteiger partial charge < -0.3 is 15.0 Å². The van der Waals surface area contributed by atoms with E-state index < -0.39 is 6.04 Å². The lowest BCUT2D eigenvalue weighted by Crippen LogP contribution is -2.50. The molecule has 3 rings (SSSR count). The molecule has 0 bridgehead atoms. The van der Waals surface area contributed by atoms with Crippen molar-refractivity contribution in [1.29, 1.82) is 0 Å². The summed E-state index contributed by atoms with van der Waals surface area (Å²) < 4.78 is 5.93. The first kappa shape index (κ1) is 23.3. The minimum atomic E-state index is -0.617. The molecule has 2 unspecified atom stereocenters. The van der Waals surface area contributed by atoms with E-state index in [9.17, 15) is 9.59 Å². The highest BCUT2D eigenvalue weighted by Crippen LogP contribution is 2.25. The Morgan fingerprint density at radius 1 is 1.00 bits per heavy atom. The Morgan fingerprint density at radius 2 is 1.72 bits per heavy atom. The predicted octanol–water partition coefficient (Wildman–Crippen LogP) is 4.86. The minimum Gasteiger partial charge on any atom is -0.483 e. The average molecular weight is 433 g/mol. The maximum absolute atomic E-state index is 13.3. The minimum absolute atomic E-state index is 0.0489. The third-order valence-electron chi connectivity index (χ3n) is 5.70. The van der Waals surface area contributed by atoms with Crippen LogP contribution in [-0.4, -0.2) is 35.4 Å². The molecule has 0 aliphatic heterocycles. The standard InChI is InChI=1S/C27H32N2O3/c1-5-20(3)28-27(31)21(4)29(17-22-11-8-10-19(2)16-22)26(30)18-32-25-15-9-13-23-12-6-7-14-24(23)25/h6-16,20-21H,5,17-18H2,1-4H3,(H,28,31). The molecule has 0 fully saturated rings. The number of hydrogen-bond acceptors (Lipinski definition) is 3. The smallest absolute Gasteiger partial charge is 0.261 e. The Hall–Kier alpha value is -3.34. The lowest BCUT2D eigenvalue weighted by atomic mass is 10.1. The second kappa shape index (κ2) is 10.8. The van der Waals surface area contributed by atoms with Crippen LogP contribution in [0.5, 0.6) is 5.75 Å². The van der Waals surface area contributed by atoms with Crippen molar-refractivity contribution >= 4 is 22.6 Å². The highest BCUT2D eigenvalue weighted by atomic mass is 16.5. The van der Waals surface area contributed by atoms with Gasteiger partial charge in [-0.3, -0.25) is 9.59 Å². The van der Waals surface area contributed by atoms with Gasteiger partial charge in [0.25, 0.3) is 5.91 Å². The Bertz CT molecular complexity index is 1070. The van der Waals surface area contributed by atoms with E-state index in [1.165, 1.54) is 0 Å². The molecule has 5 heteroatoms. The van der Waals surface area contributed by atoms with E-state index in [1.54, 1.807) is 11.8 Å². The molecular weight excluding hydrogens is 400 g/mol. The molecule has 0 spiro atoms. The van der Waals surface area contributed by atoms with Crippen LogP contribution in [0.15, 0.2) is 66.7 Å². The van der Waals surface area contributed by atoms with Gasteiger partial charge in [-0.15, -0.1) is 0 Å². The first-order valence-electron chi connectivity index (χ1n) is 11.1. The number of amides is 2. The second-order valence-electron chi connectivity index (χ2n) is 8.27. The van der Waals surface area contributed by atoms with E-state index >= 15 is 0 Å². The Kier molecular flexibility index (Phi) is 7.87. The van der Waals surface area contributed by atoms with Crippen LogP contribution in [0.25, 0.3) is 10.8 Å². The maximum Gasteiger partial charge on any atom is 0.261 e. The molecule has 0 saturated carbocycles. The molecule has 32 heavy (non-hydrogen) atoms. The average Bonchev–Trinajstić information content (AvgIpc) is 2.80. The van der Waals surface area contributed by atoms with Gasteiger partial charge in [-0.1, -0.05) is 73.2 Å². The van der Waals surface area contributed by atoms with Gasteiger partial charge in [0.05, 0.1) is 0 Å². The summed E-state index contributed by atoms with van der Waals surface area (Å²) in [5.41, 5.74) is 2.09. The third-order valence-corrected chi connectivity index (χ3v) is 5.70. The fourth-order valence-corrected chi connectivity index (χ4v) is 3.60. The molecule has 2 atom stereocenters. The van der Waals surface area contributed by atoms with Gasteiger partial charge in [0.15, 0.2) is 6.61 Å². The summed E-state index contributed by atoms with van der Waals surface area (Å²) in [6.45, 7) is 7.96. The van der Waals surface area contributed by atoms with Crippen LogP contribution in [-0.2, 0) is 16.1 Å². The fraction of sp³-hybridized carbons (Fsp3) is 0.333. The summed E-state index contributed by atoms with van der Waals surface area (Å²) in [6.07, 6.45) is 0.828. The highest BCUT2D eigenvalue weighted by Gasteiger charge is 2.27. The van der Waals surface area contributed by atoms with Crippen molar-refractivity contribution in [3.63, 3.8) is 0 Å². The van der Waals surface area contributed by atoms with Crippen LogP contribution in [0.3, 0.4) is 0 Å². The lowest BCUT2D eigenvalue weighted by molar-refractivity contribution is -0.142. The first-order valence-corrected chi connectivity index (χ1v) is 11.1. The van der Waals surface area contributed by atoms with Gasteiger partial charge in [-0.05, 0) is 44.2 Å². The molecule has 0 aliphatic rings. The van der Waals surface area contributed by atoms with Crippen molar-refractivity contribution in [2.24, 2.45) is 0 Å². The number of carbonyl (C=O) groups excluding carboxylic acids is 2. The molecule has 3 aromatic carbocycles. The summed E-state index contributed by atoms with van der Waals surface area (Å²) in [5, 5.41) is 4.99. The largest absolute Gasteiger partial charge is 0.483 e. The summed E-state index contributed by atoms with van der Waals surface area (Å²) in [4.78, 5) is 27.7. The van der Waals surface area contributed by atoms with Gasteiger partial charge in [0, 0.05) is 18.0 Å². The van der Waals surface area contributed by atoms with Crippen molar-refractivity contribution in [3.8, 4) is 5.75 Å². The van der Waals surface area contributed by atoms with E-state index in [-0.39, 0.29) is 24.5 Å². The Morgan fingerprint density at radius 3 is 2.47 bits per heavy atom. The molecule has 0 saturated heterocycles. The molecule has 0 aliphatic carbocycles. The predicted molar refractivity (Wildman–Crippen MR) is 129 cm³/mol. The zero-order valence-corrected chi connectivity index (χ0v) is 19.3. The summed E-state index contributed by atoms with van der Waals surface area (Å²) in [5.74, 6) is 0.264. The zero-order chi connectivity index (χ0) is 23.1. The molecule has 0 radical (unpaired) electrons. The maximum atomic E-state index is 13.3. The molecule has 3 aromatic rings. The molecule has 168 valence electrons. The number of rotatable bonds is 9. The monoisotopic (exact) mass is 432 g/mol. The van der Waals surface area contributed by atoms with Gasteiger partial charge >= 0.3 is 0 Å². The Balaban J connectivity index is 1.79. The van der Waals surface area contributed by atoms with Gasteiger partial charge in [-0.2, -0.15) is 0 Å². The number of aryl methyl sites for hydroxylation is 1. The topological polar surface area (TPSA) is 58.6 Å². The third kappa shape index (κ3) is 5.88. The summed E-state index contributed by atoms with van der Waals surface area (Å²) in [6, 6.07) is 21.1. The number of fused-ring (bicyclic) bond motifs is 1. The van der Waals surface area contributed by atoms with Crippen LogP contribution in [0, 0.1) is 6.92 Å². The molecule has 1 N–H and O–H groups in total. The molecule has 0 heterocycles. The van der Waals surface area contributed by atoms with Crippen molar-refractivity contribution in [2.75, 3.05) is 6.61 Å². The number of nitrogens with zero attached hydrogens (tertiary/aromatic N) is 1. The van der Waals surface area contributed by atoms with E-state index in [1.807, 2.05) is 87.5 Å². The Labute approximate surface area is 190 Å². The van der Waals surface area contributed by atoms with Crippen LogP contribution < -0.4 is 10.1 Å². The van der Waals surface area contributed by atoms with E-state index in [4.69, 9.17) is 4.74 Å². The number of hydrogen-bond donors (Lipinski definition) is 1. The number of carbonyl (C=O) groups is 2. The number of ether oxygens (including phenoxy) is 1. The van der Waals surface area contributed by atoms with Crippen molar-refractivity contribution in [3.05, 3.63) is 77.9 Å². The van der Waals surface area contributed by atoms with Crippen LogP contribution in [0.1, 0.15) is 38.3 Å². The van der Waals surface area contributed by atoms with Gasteiger partial charge in [0.1, 0.15) is 11.8 Å². The number of nitrogens with one attached hydrogen (secondary N) is 1. The quantitative estimate of drug-likeness (QED) is 0.525. The van der Waals surface area contributed by atoms with Gasteiger partial charge in [0.2, 0.25) is 5.91 Å².